The molecule has 0 aliphatic heterocycles. The standard InChI is InChI=1S/C13H9NO4.C13H10O2/c15-12-8-10(6-7-11(12)14(17)18)13(16)9-4-2-1-3-5-9;14-12-8-4-7-11(9-12)13(15)10-5-2-1-3-6-10/h1-8,15H;1-9,14H. The molecule has 7 heteroatoms. The van der Waals surface area contributed by atoms with Crippen molar-refractivity contribution in [3.63, 3.8) is 0 Å². The van der Waals surface area contributed by atoms with E-state index in [0.29, 0.717) is 16.7 Å². The van der Waals surface area contributed by atoms with Gasteiger partial charge in [0.1, 0.15) is 5.75 Å². The minimum Gasteiger partial charge on any atom is -0.508 e. The summed E-state index contributed by atoms with van der Waals surface area (Å²) in [5.41, 5.74) is 1.39. The number of phenolic OH excluding ortho intramolecular Hbond substituents is 2. The van der Waals surface area contributed by atoms with E-state index in [1.165, 1.54) is 12.1 Å². The summed E-state index contributed by atoms with van der Waals surface area (Å²) in [7, 11) is 0. The van der Waals surface area contributed by atoms with Crippen LogP contribution in [0.25, 0.3) is 0 Å². The van der Waals surface area contributed by atoms with E-state index in [1.54, 1.807) is 60.7 Å². The van der Waals surface area contributed by atoms with Gasteiger partial charge in [-0.15, -0.1) is 0 Å². The Labute approximate surface area is 189 Å². The van der Waals surface area contributed by atoms with Crippen LogP contribution in [-0.4, -0.2) is 26.7 Å². The van der Waals surface area contributed by atoms with Crippen LogP contribution < -0.4 is 0 Å². The van der Waals surface area contributed by atoms with Crippen LogP contribution in [0.4, 0.5) is 5.69 Å². The van der Waals surface area contributed by atoms with Crippen LogP contribution in [-0.2, 0) is 0 Å². The molecule has 0 spiro atoms. The number of nitro groups is 1. The molecule has 2 N–H and O–H groups in total. The first kappa shape index (κ1) is 22.9. The third kappa shape index (κ3) is 5.89. The van der Waals surface area contributed by atoms with Crippen LogP contribution in [0.15, 0.2) is 103 Å². The molecule has 0 heterocycles. The zero-order valence-electron chi connectivity index (χ0n) is 17.3. The second-order valence-electron chi connectivity index (χ2n) is 6.90. The first-order valence-corrected chi connectivity index (χ1v) is 9.82. The number of aromatic hydroxyl groups is 2. The molecule has 0 saturated heterocycles. The summed E-state index contributed by atoms with van der Waals surface area (Å²) in [5.74, 6) is -0.772. The average molecular weight is 441 g/mol. The number of benzene rings is 4. The van der Waals surface area contributed by atoms with E-state index < -0.39 is 16.4 Å². The maximum absolute atomic E-state index is 12.0. The molecular formula is C26H19NO6. The lowest BCUT2D eigenvalue weighted by Gasteiger charge is -2.02. The molecule has 0 fully saturated rings. The zero-order chi connectivity index (χ0) is 23.8. The van der Waals surface area contributed by atoms with Crippen LogP contribution in [0.3, 0.4) is 0 Å². The lowest BCUT2D eigenvalue weighted by Crippen LogP contribution is -2.01. The van der Waals surface area contributed by atoms with Gasteiger partial charge in [-0.3, -0.25) is 19.7 Å². The average Bonchev–Trinajstić information content (AvgIpc) is 2.84. The highest BCUT2D eigenvalue weighted by molar-refractivity contribution is 6.09. The lowest BCUT2D eigenvalue weighted by molar-refractivity contribution is -0.385. The van der Waals surface area contributed by atoms with Gasteiger partial charge in [0.15, 0.2) is 17.3 Å². The quantitative estimate of drug-likeness (QED) is 0.251. The Hall–Kier alpha value is -4.78. The number of nitrogens with zero attached hydrogens (tertiary/aromatic N) is 1. The fourth-order valence-electron chi connectivity index (χ4n) is 2.98. The molecule has 0 radical (unpaired) electrons. The van der Waals surface area contributed by atoms with E-state index >= 15 is 0 Å². The molecule has 7 nitrogen and oxygen atoms in total. The minimum atomic E-state index is -0.702. The molecule has 0 aliphatic carbocycles. The van der Waals surface area contributed by atoms with Crippen molar-refractivity contribution in [1.29, 1.82) is 0 Å². The molecule has 0 aliphatic rings. The molecule has 4 rings (SSSR count). The topological polar surface area (TPSA) is 118 Å². The molecule has 0 unspecified atom stereocenters. The summed E-state index contributed by atoms with van der Waals surface area (Å²) in [6.45, 7) is 0. The predicted octanol–water partition coefficient (Wildman–Crippen LogP) is 5.15. The van der Waals surface area contributed by atoms with Crippen molar-refractivity contribution in [3.05, 3.63) is 135 Å². The first-order chi connectivity index (χ1) is 15.9. The van der Waals surface area contributed by atoms with Gasteiger partial charge < -0.3 is 10.2 Å². The van der Waals surface area contributed by atoms with Crippen molar-refractivity contribution in [3.8, 4) is 11.5 Å². The third-order valence-corrected chi connectivity index (χ3v) is 4.61. The maximum Gasteiger partial charge on any atom is 0.310 e. The molecule has 33 heavy (non-hydrogen) atoms. The SMILES string of the molecule is O=C(c1ccccc1)c1ccc([N+](=O)[O-])c(O)c1.O=C(c1ccccc1)c1cccc(O)c1. The highest BCUT2D eigenvalue weighted by atomic mass is 16.6. The lowest BCUT2D eigenvalue weighted by atomic mass is 10.0. The minimum absolute atomic E-state index is 0.0773. The Morgan fingerprint density at radius 3 is 1.55 bits per heavy atom. The van der Waals surface area contributed by atoms with E-state index in [9.17, 15) is 29.9 Å². The van der Waals surface area contributed by atoms with Crippen LogP contribution in [0.5, 0.6) is 11.5 Å². The molecule has 0 saturated carbocycles. The van der Waals surface area contributed by atoms with Crippen molar-refractivity contribution in [2.24, 2.45) is 0 Å². The highest BCUT2D eigenvalue weighted by Gasteiger charge is 2.16. The summed E-state index contributed by atoms with van der Waals surface area (Å²) in [5, 5.41) is 29.3. The first-order valence-electron chi connectivity index (χ1n) is 9.82. The Morgan fingerprint density at radius 2 is 1.09 bits per heavy atom. The Morgan fingerprint density at radius 1 is 0.606 bits per heavy atom. The molecule has 0 amide bonds. The number of hydrogen-bond acceptors (Lipinski definition) is 6. The molecule has 0 bridgehead atoms. The smallest absolute Gasteiger partial charge is 0.310 e. The Bertz CT molecular complexity index is 1290. The summed E-state index contributed by atoms with van der Waals surface area (Å²) in [6, 6.07) is 27.4. The van der Waals surface area contributed by atoms with Gasteiger partial charge in [0.05, 0.1) is 4.92 Å². The van der Waals surface area contributed by atoms with Crippen LogP contribution in [0, 0.1) is 10.1 Å². The number of hydrogen-bond donors (Lipinski definition) is 2. The summed E-state index contributed by atoms with van der Waals surface area (Å²) >= 11 is 0. The Balaban J connectivity index is 0.000000189. The third-order valence-electron chi connectivity index (χ3n) is 4.61. The Kier molecular flexibility index (Phi) is 7.28. The maximum atomic E-state index is 12.0. The summed E-state index contributed by atoms with van der Waals surface area (Å²) in [6.07, 6.45) is 0. The van der Waals surface area contributed by atoms with Crippen molar-refractivity contribution < 1.29 is 24.7 Å². The van der Waals surface area contributed by atoms with E-state index in [1.807, 2.05) is 18.2 Å². The highest BCUT2D eigenvalue weighted by Crippen LogP contribution is 2.27. The van der Waals surface area contributed by atoms with Gasteiger partial charge >= 0.3 is 5.69 Å². The monoisotopic (exact) mass is 441 g/mol. The van der Waals surface area contributed by atoms with Crippen molar-refractivity contribution >= 4 is 17.3 Å². The predicted molar refractivity (Wildman–Crippen MR) is 123 cm³/mol. The largest absolute Gasteiger partial charge is 0.508 e. The van der Waals surface area contributed by atoms with Gasteiger partial charge in [-0.1, -0.05) is 72.8 Å². The molecular weight excluding hydrogens is 422 g/mol. The number of nitro benzene ring substituents is 1. The molecule has 4 aromatic rings. The fraction of sp³-hybridized carbons (Fsp3) is 0. The summed E-state index contributed by atoms with van der Waals surface area (Å²) < 4.78 is 0. The molecule has 4 aromatic carbocycles. The van der Waals surface area contributed by atoms with Crippen molar-refractivity contribution in [2.75, 3.05) is 0 Å². The van der Waals surface area contributed by atoms with Gasteiger partial charge in [-0.2, -0.15) is 0 Å². The van der Waals surface area contributed by atoms with Gasteiger partial charge in [-0.05, 0) is 24.3 Å². The van der Waals surface area contributed by atoms with Gasteiger partial charge in [0.25, 0.3) is 0 Å². The van der Waals surface area contributed by atoms with Gasteiger partial charge in [-0.25, -0.2) is 0 Å². The van der Waals surface area contributed by atoms with Gasteiger partial charge in [0.2, 0.25) is 0 Å². The van der Waals surface area contributed by atoms with Gasteiger partial charge in [0, 0.05) is 28.3 Å². The van der Waals surface area contributed by atoms with E-state index in [0.717, 1.165) is 12.1 Å². The fourth-order valence-corrected chi connectivity index (χ4v) is 2.98. The normalized spacial score (nSPS) is 9.94. The van der Waals surface area contributed by atoms with E-state index in [2.05, 4.69) is 0 Å². The second-order valence-corrected chi connectivity index (χ2v) is 6.90. The molecule has 0 atom stereocenters. The number of ketones is 2. The van der Waals surface area contributed by atoms with E-state index in [4.69, 9.17) is 0 Å². The van der Waals surface area contributed by atoms with Crippen LogP contribution in [0.1, 0.15) is 31.8 Å². The van der Waals surface area contributed by atoms with Crippen LogP contribution in [0.2, 0.25) is 0 Å². The number of carbonyl (C=O) groups is 2. The second kappa shape index (κ2) is 10.5. The number of phenols is 2. The van der Waals surface area contributed by atoms with E-state index in [-0.39, 0.29) is 22.9 Å². The number of rotatable bonds is 5. The van der Waals surface area contributed by atoms with Crippen LogP contribution >= 0.6 is 0 Å². The summed E-state index contributed by atoms with van der Waals surface area (Å²) in [4.78, 5) is 33.7. The molecule has 0 aromatic heterocycles. The number of carbonyl (C=O) groups excluding carboxylic acids is 2. The van der Waals surface area contributed by atoms with Crippen molar-refractivity contribution in [1.82, 2.24) is 0 Å². The molecule has 164 valence electrons. The zero-order valence-corrected chi connectivity index (χ0v) is 17.3. The van der Waals surface area contributed by atoms with Crippen molar-refractivity contribution in [2.45, 2.75) is 0 Å².